The van der Waals surface area contributed by atoms with Crippen LogP contribution in [0.1, 0.15) is 33.1 Å². The Morgan fingerprint density at radius 2 is 1.68 bits per heavy atom. The molecule has 9 heteroatoms. The van der Waals surface area contributed by atoms with E-state index in [4.69, 9.17) is 9.47 Å². The number of morpholine rings is 2. The van der Waals surface area contributed by atoms with Crippen molar-refractivity contribution < 1.29 is 9.47 Å². The first-order chi connectivity index (χ1) is 14.7. The van der Waals surface area contributed by atoms with E-state index in [-0.39, 0.29) is 29.5 Å². The molecule has 0 radical (unpaired) electrons. The average molecular weight is 570 g/mol. The highest BCUT2D eigenvalue weighted by Gasteiger charge is 2.40. The van der Waals surface area contributed by atoms with E-state index in [0.717, 1.165) is 71.7 Å². The van der Waals surface area contributed by atoms with Crippen molar-refractivity contribution in [2.75, 3.05) is 84.2 Å². The van der Waals surface area contributed by atoms with Crippen molar-refractivity contribution in [2.45, 2.75) is 44.7 Å². The average Bonchev–Trinajstić information content (AvgIpc) is 3.30. The maximum absolute atomic E-state index is 5.60. The molecule has 0 aliphatic carbocycles. The van der Waals surface area contributed by atoms with E-state index in [9.17, 15) is 0 Å². The molecular weight excluding hydrogens is 525 g/mol. The molecule has 7 nitrogen and oxygen atoms in total. The van der Waals surface area contributed by atoms with Gasteiger partial charge in [-0.1, -0.05) is 26.7 Å². The molecule has 0 aromatic rings. The van der Waals surface area contributed by atoms with Crippen molar-refractivity contribution in [3.63, 3.8) is 0 Å². The summed E-state index contributed by atoms with van der Waals surface area (Å²) in [7, 11) is 1.89. The smallest absolute Gasteiger partial charge is 0.191 e. The van der Waals surface area contributed by atoms with Gasteiger partial charge in [0.05, 0.1) is 26.4 Å². The first-order valence-corrected chi connectivity index (χ1v) is 13.0. The van der Waals surface area contributed by atoms with Crippen molar-refractivity contribution in [3.8, 4) is 0 Å². The largest absolute Gasteiger partial charge is 0.379 e. The Hall–Kier alpha value is 0.190. The lowest BCUT2D eigenvalue weighted by atomic mass is 9.92. The Morgan fingerprint density at radius 3 is 2.23 bits per heavy atom. The Labute approximate surface area is 210 Å². The number of nitrogens with one attached hydrogen (secondary N) is 2. The van der Waals surface area contributed by atoms with Gasteiger partial charge in [-0.2, -0.15) is 11.8 Å². The van der Waals surface area contributed by atoms with Gasteiger partial charge >= 0.3 is 0 Å². The molecule has 2 N–H and O–H groups in total. The summed E-state index contributed by atoms with van der Waals surface area (Å²) in [6, 6.07) is 0.526. The minimum absolute atomic E-state index is 0. The van der Waals surface area contributed by atoms with Crippen molar-refractivity contribution >= 4 is 41.7 Å². The number of ether oxygens (including phenoxy) is 2. The van der Waals surface area contributed by atoms with Gasteiger partial charge in [0.25, 0.3) is 0 Å². The predicted octanol–water partition coefficient (Wildman–Crippen LogP) is 2.11. The highest BCUT2D eigenvalue weighted by Crippen LogP contribution is 2.33. The van der Waals surface area contributed by atoms with E-state index in [1.54, 1.807) is 0 Å². The van der Waals surface area contributed by atoms with Gasteiger partial charge in [0.1, 0.15) is 0 Å². The predicted molar refractivity (Wildman–Crippen MR) is 142 cm³/mol. The Morgan fingerprint density at radius 1 is 1.03 bits per heavy atom. The van der Waals surface area contributed by atoms with E-state index in [0.29, 0.717) is 12.0 Å². The number of rotatable bonds is 9. The van der Waals surface area contributed by atoms with Gasteiger partial charge in [0, 0.05) is 63.6 Å². The summed E-state index contributed by atoms with van der Waals surface area (Å²) >= 11 is 2.08. The van der Waals surface area contributed by atoms with Crippen LogP contribution in [0.4, 0.5) is 0 Å². The molecule has 0 aromatic carbocycles. The summed E-state index contributed by atoms with van der Waals surface area (Å²) in [5, 5.41) is 7.35. The van der Waals surface area contributed by atoms with Gasteiger partial charge < -0.3 is 20.1 Å². The van der Waals surface area contributed by atoms with Gasteiger partial charge in [-0.3, -0.25) is 14.8 Å². The number of halogens is 1. The first kappa shape index (κ1) is 27.4. The lowest BCUT2D eigenvalue weighted by Gasteiger charge is -2.43. The number of thioether (sulfide) groups is 1. The number of hydrogen-bond acceptors (Lipinski definition) is 6. The molecular formula is C22H44IN5O2S. The van der Waals surface area contributed by atoms with Crippen molar-refractivity contribution in [3.05, 3.63) is 0 Å². The zero-order valence-corrected chi connectivity index (χ0v) is 22.9. The molecule has 0 spiro atoms. The Bertz CT molecular complexity index is 520. The molecule has 0 aromatic heterocycles. The van der Waals surface area contributed by atoms with Crippen LogP contribution in [-0.2, 0) is 9.47 Å². The molecule has 2 atom stereocenters. The fourth-order valence-corrected chi connectivity index (χ4v) is 6.62. The first-order valence-electron chi connectivity index (χ1n) is 11.9. The molecule has 3 aliphatic rings. The van der Waals surface area contributed by atoms with Crippen LogP contribution in [0, 0.1) is 5.92 Å². The van der Waals surface area contributed by atoms with Crippen LogP contribution in [0.25, 0.3) is 0 Å². The summed E-state index contributed by atoms with van der Waals surface area (Å²) in [6.45, 7) is 14.1. The van der Waals surface area contributed by atoms with E-state index in [2.05, 4.69) is 51.0 Å². The van der Waals surface area contributed by atoms with Gasteiger partial charge in [0.2, 0.25) is 0 Å². The fraction of sp³-hybridized carbons (Fsp3) is 0.955. The molecule has 3 aliphatic heterocycles. The second-order valence-corrected chi connectivity index (χ2v) is 9.83. The summed E-state index contributed by atoms with van der Waals surface area (Å²) in [4.78, 5) is 9.82. The number of aliphatic imine (C=N–C) groups is 1. The van der Waals surface area contributed by atoms with Crippen LogP contribution in [-0.4, -0.2) is 112 Å². The molecule has 3 rings (SSSR count). The molecule has 0 saturated carbocycles. The quantitative estimate of drug-likeness (QED) is 0.251. The third kappa shape index (κ3) is 7.60. The SMILES string of the molecule is CCC(CC)C(CNC(=NC)NCC1(N2CCOCC2)CCSC1)N1CCOCC1.I. The normalized spacial score (nSPS) is 27.2. The van der Waals surface area contributed by atoms with Crippen LogP contribution in [0.2, 0.25) is 0 Å². The molecule has 0 bridgehead atoms. The molecule has 3 fully saturated rings. The zero-order valence-electron chi connectivity index (χ0n) is 19.7. The minimum atomic E-state index is 0. The van der Waals surface area contributed by atoms with Gasteiger partial charge in [0.15, 0.2) is 5.96 Å². The monoisotopic (exact) mass is 569 g/mol. The van der Waals surface area contributed by atoms with E-state index in [1.165, 1.54) is 30.8 Å². The molecule has 31 heavy (non-hydrogen) atoms. The van der Waals surface area contributed by atoms with E-state index < -0.39 is 0 Å². The van der Waals surface area contributed by atoms with Crippen molar-refractivity contribution in [1.82, 2.24) is 20.4 Å². The number of nitrogens with zero attached hydrogens (tertiary/aromatic N) is 3. The maximum atomic E-state index is 5.60. The summed E-state index contributed by atoms with van der Waals surface area (Å²) in [6.07, 6.45) is 3.67. The lowest BCUT2D eigenvalue weighted by Crippen LogP contribution is -2.60. The van der Waals surface area contributed by atoms with Crippen LogP contribution in [0.15, 0.2) is 4.99 Å². The maximum Gasteiger partial charge on any atom is 0.191 e. The molecule has 3 heterocycles. The molecule has 2 unspecified atom stereocenters. The van der Waals surface area contributed by atoms with Crippen LogP contribution in [0.3, 0.4) is 0 Å². The summed E-state index contributed by atoms with van der Waals surface area (Å²) < 4.78 is 11.2. The number of hydrogen-bond donors (Lipinski definition) is 2. The highest BCUT2D eigenvalue weighted by molar-refractivity contribution is 14.0. The third-order valence-electron chi connectivity index (χ3n) is 7.16. The van der Waals surface area contributed by atoms with Crippen LogP contribution >= 0.6 is 35.7 Å². The van der Waals surface area contributed by atoms with Gasteiger partial charge in [-0.15, -0.1) is 24.0 Å². The van der Waals surface area contributed by atoms with Crippen LogP contribution < -0.4 is 10.6 Å². The van der Waals surface area contributed by atoms with E-state index in [1.807, 2.05) is 7.05 Å². The summed E-state index contributed by atoms with van der Waals surface area (Å²) in [5.41, 5.74) is 0.227. The standard InChI is InChI=1S/C22H43N5O2S.HI/c1-4-19(5-2)20(26-7-11-28-12-8-26)16-24-21(23-3)25-17-22(6-15-30-18-22)27-9-13-29-14-10-27;/h19-20H,4-18H2,1-3H3,(H2,23,24,25);1H. The Kier molecular flexibility index (Phi) is 12.8. The molecule has 0 amide bonds. The molecule has 182 valence electrons. The second kappa shape index (κ2) is 14.5. The van der Waals surface area contributed by atoms with Crippen LogP contribution in [0.5, 0.6) is 0 Å². The highest BCUT2D eigenvalue weighted by atomic mass is 127. The third-order valence-corrected chi connectivity index (χ3v) is 8.39. The van der Waals surface area contributed by atoms with Gasteiger partial charge in [-0.05, 0) is 18.1 Å². The topological polar surface area (TPSA) is 61.4 Å². The fourth-order valence-electron chi connectivity index (χ4n) is 5.14. The minimum Gasteiger partial charge on any atom is -0.379 e. The zero-order chi connectivity index (χ0) is 21.2. The van der Waals surface area contributed by atoms with Crippen molar-refractivity contribution in [2.24, 2.45) is 10.9 Å². The Balaban J connectivity index is 0.00000341. The van der Waals surface area contributed by atoms with Crippen molar-refractivity contribution in [1.29, 1.82) is 0 Å². The lowest BCUT2D eigenvalue weighted by molar-refractivity contribution is -0.0120. The summed E-state index contributed by atoms with van der Waals surface area (Å²) in [5.74, 6) is 4.07. The van der Waals surface area contributed by atoms with E-state index >= 15 is 0 Å². The van der Waals surface area contributed by atoms with Gasteiger partial charge in [-0.25, -0.2) is 0 Å². The number of guanidine groups is 1. The second-order valence-electron chi connectivity index (χ2n) is 8.73. The molecule has 3 saturated heterocycles.